The normalized spacial score (nSPS) is 16.4. The molecule has 0 amide bonds. The molecule has 0 spiro atoms. The number of hydrogen-bond acceptors (Lipinski definition) is 2. The lowest BCUT2D eigenvalue weighted by Gasteiger charge is -2.33. The smallest absolute Gasteiger partial charge is 0.335 e. The van der Waals surface area contributed by atoms with E-state index in [-0.39, 0.29) is 5.41 Å². The Bertz CT molecular complexity index is 845. The molecule has 25 heavy (non-hydrogen) atoms. The molecule has 3 heteroatoms. The second-order valence-electron chi connectivity index (χ2n) is 7.40. The molecule has 0 atom stereocenters. The second kappa shape index (κ2) is 6.72. The van der Waals surface area contributed by atoms with Crippen molar-refractivity contribution >= 4 is 29.4 Å². The first-order valence-corrected chi connectivity index (χ1v) is 9.56. The molecule has 130 valence electrons. The van der Waals surface area contributed by atoms with Crippen LogP contribution in [0.5, 0.6) is 0 Å². The van der Waals surface area contributed by atoms with E-state index in [1.807, 2.05) is 23.9 Å². The van der Waals surface area contributed by atoms with Crippen molar-refractivity contribution in [2.45, 2.75) is 44.4 Å². The van der Waals surface area contributed by atoms with Gasteiger partial charge < -0.3 is 5.11 Å². The van der Waals surface area contributed by atoms with Crippen LogP contribution in [0.15, 0.2) is 41.3 Å². The zero-order valence-corrected chi connectivity index (χ0v) is 16.0. The van der Waals surface area contributed by atoms with Crippen molar-refractivity contribution in [1.82, 2.24) is 0 Å². The van der Waals surface area contributed by atoms with Gasteiger partial charge in [0.1, 0.15) is 0 Å². The zero-order valence-electron chi connectivity index (χ0n) is 15.2. The molecular formula is C22H24O2S. The Kier molecular flexibility index (Phi) is 4.79. The largest absolute Gasteiger partial charge is 0.478 e. The van der Waals surface area contributed by atoms with Gasteiger partial charge in [-0.1, -0.05) is 32.1 Å². The number of hydrogen-bond donors (Lipinski definition) is 1. The van der Waals surface area contributed by atoms with E-state index in [0.717, 1.165) is 5.56 Å². The SMILES string of the molecule is C/C(=C\c1ccc(C(=O)O)cc1)c1cc2c(cc1C)SCCC2(C)C. The summed E-state index contributed by atoms with van der Waals surface area (Å²) in [5.41, 5.74) is 6.77. The lowest BCUT2D eigenvalue weighted by molar-refractivity contribution is 0.0697. The number of rotatable bonds is 3. The van der Waals surface area contributed by atoms with Crippen LogP contribution < -0.4 is 0 Å². The molecule has 0 radical (unpaired) electrons. The van der Waals surface area contributed by atoms with Crippen LogP contribution in [0.1, 0.15) is 59.8 Å². The van der Waals surface area contributed by atoms with Crippen LogP contribution in [0.3, 0.4) is 0 Å². The van der Waals surface area contributed by atoms with Crippen molar-refractivity contribution in [3.8, 4) is 0 Å². The van der Waals surface area contributed by atoms with Gasteiger partial charge in [-0.2, -0.15) is 0 Å². The Morgan fingerprint density at radius 3 is 2.52 bits per heavy atom. The average Bonchev–Trinajstić information content (AvgIpc) is 2.54. The first-order chi connectivity index (χ1) is 11.8. The fourth-order valence-electron chi connectivity index (χ4n) is 3.36. The van der Waals surface area contributed by atoms with Gasteiger partial charge in [-0.3, -0.25) is 0 Å². The summed E-state index contributed by atoms with van der Waals surface area (Å²) in [5, 5.41) is 9.02. The molecule has 0 bridgehead atoms. The average molecular weight is 352 g/mol. The van der Waals surface area contributed by atoms with Crippen molar-refractivity contribution in [1.29, 1.82) is 0 Å². The molecule has 2 aromatic carbocycles. The van der Waals surface area contributed by atoms with E-state index in [0.29, 0.717) is 5.56 Å². The minimum Gasteiger partial charge on any atom is -0.478 e. The molecule has 0 unspecified atom stereocenters. The second-order valence-corrected chi connectivity index (χ2v) is 8.54. The Hall–Kier alpha value is -2.00. The van der Waals surface area contributed by atoms with Gasteiger partial charge in [-0.05, 0) is 83.5 Å². The fraction of sp³-hybridized carbons (Fsp3) is 0.318. The molecule has 1 N–H and O–H groups in total. The van der Waals surface area contributed by atoms with Crippen LogP contribution in [0.4, 0.5) is 0 Å². The lowest BCUT2D eigenvalue weighted by atomic mass is 9.80. The van der Waals surface area contributed by atoms with Gasteiger partial charge in [0.2, 0.25) is 0 Å². The first kappa shape index (κ1) is 17.8. The predicted molar refractivity (Wildman–Crippen MR) is 106 cm³/mol. The van der Waals surface area contributed by atoms with E-state index in [4.69, 9.17) is 5.11 Å². The number of carboxylic acids is 1. The van der Waals surface area contributed by atoms with E-state index in [9.17, 15) is 4.79 Å². The van der Waals surface area contributed by atoms with E-state index in [2.05, 4.69) is 45.9 Å². The highest BCUT2D eigenvalue weighted by atomic mass is 32.2. The van der Waals surface area contributed by atoms with E-state index in [1.54, 1.807) is 12.1 Å². The Morgan fingerprint density at radius 2 is 1.88 bits per heavy atom. The molecule has 1 heterocycles. The van der Waals surface area contributed by atoms with Gasteiger partial charge in [0.15, 0.2) is 0 Å². The van der Waals surface area contributed by atoms with Crippen LogP contribution >= 0.6 is 11.8 Å². The Morgan fingerprint density at radius 1 is 1.20 bits per heavy atom. The van der Waals surface area contributed by atoms with E-state index in [1.165, 1.54) is 39.3 Å². The summed E-state index contributed by atoms with van der Waals surface area (Å²) in [7, 11) is 0. The standard InChI is InChI=1S/C22H24O2S/c1-14(11-16-5-7-17(8-6-16)21(23)24)18-13-19-20(12-15(18)2)25-10-9-22(19,3)4/h5-8,11-13H,9-10H2,1-4H3,(H,23,24)/b14-11+. The van der Waals surface area contributed by atoms with Gasteiger partial charge in [0.05, 0.1) is 5.56 Å². The summed E-state index contributed by atoms with van der Waals surface area (Å²) in [5.74, 6) is 0.293. The van der Waals surface area contributed by atoms with Crippen LogP contribution in [-0.4, -0.2) is 16.8 Å². The summed E-state index contributed by atoms with van der Waals surface area (Å²) in [6.45, 7) is 8.95. The van der Waals surface area contributed by atoms with Crippen LogP contribution in [0.2, 0.25) is 0 Å². The van der Waals surface area contributed by atoms with Crippen molar-refractivity contribution in [3.05, 3.63) is 64.2 Å². The third-order valence-corrected chi connectivity index (χ3v) is 6.06. The first-order valence-electron chi connectivity index (χ1n) is 8.58. The van der Waals surface area contributed by atoms with Crippen LogP contribution in [0, 0.1) is 6.92 Å². The fourth-order valence-corrected chi connectivity index (χ4v) is 4.94. The zero-order chi connectivity index (χ0) is 18.2. The van der Waals surface area contributed by atoms with E-state index >= 15 is 0 Å². The third-order valence-electron chi connectivity index (χ3n) is 5.01. The highest BCUT2D eigenvalue weighted by molar-refractivity contribution is 7.99. The minimum absolute atomic E-state index is 0.215. The maximum atomic E-state index is 11.0. The maximum absolute atomic E-state index is 11.0. The number of carbonyl (C=O) groups is 1. The number of carboxylic acid groups (broad SMARTS) is 1. The summed E-state index contributed by atoms with van der Waals surface area (Å²) in [6, 6.07) is 11.7. The predicted octanol–water partition coefficient (Wildman–Crippen LogP) is 6.03. The number of aromatic carboxylic acids is 1. The molecule has 0 aromatic heterocycles. The van der Waals surface area contributed by atoms with Crippen molar-refractivity contribution in [2.75, 3.05) is 5.75 Å². The molecule has 2 aromatic rings. The lowest BCUT2D eigenvalue weighted by Crippen LogP contribution is -2.23. The number of aryl methyl sites for hydroxylation is 1. The summed E-state index contributed by atoms with van der Waals surface area (Å²) in [4.78, 5) is 12.4. The van der Waals surface area contributed by atoms with Gasteiger partial charge in [0.25, 0.3) is 0 Å². The Labute approximate surface area is 154 Å². The molecule has 0 aliphatic carbocycles. The molecule has 2 nitrogen and oxygen atoms in total. The summed E-state index contributed by atoms with van der Waals surface area (Å²) < 4.78 is 0. The molecule has 1 aliphatic heterocycles. The number of fused-ring (bicyclic) bond motifs is 1. The molecule has 0 saturated carbocycles. The molecule has 0 saturated heterocycles. The molecule has 3 rings (SSSR count). The molecule has 0 fully saturated rings. The van der Waals surface area contributed by atoms with Gasteiger partial charge in [-0.15, -0.1) is 11.8 Å². The van der Waals surface area contributed by atoms with Crippen molar-refractivity contribution in [3.63, 3.8) is 0 Å². The highest BCUT2D eigenvalue weighted by Gasteiger charge is 2.28. The topological polar surface area (TPSA) is 37.3 Å². The summed E-state index contributed by atoms with van der Waals surface area (Å²) >= 11 is 1.96. The summed E-state index contributed by atoms with van der Waals surface area (Å²) in [6.07, 6.45) is 3.33. The van der Waals surface area contributed by atoms with Crippen molar-refractivity contribution in [2.24, 2.45) is 0 Å². The maximum Gasteiger partial charge on any atom is 0.335 e. The highest BCUT2D eigenvalue weighted by Crippen LogP contribution is 2.43. The van der Waals surface area contributed by atoms with Gasteiger partial charge in [-0.25, -0.2) is 4.79 Å². The molecule has 1 aliphatic rings. The van der Waals surface area contributed by atoms with Crippen molar-refractivity contribution < 1.29 is 9.90 Å². The minimum atomic E-state index is -0.891. The Balaban J connectivity index is 1.99. The van der Waals surface area contributed by atoms with E-state index < -0.39 is 5.97 Å². The third kappa shape index (κ3) is 3.67. The number of thioether (sulfide) groups is 1. The number of allylic oxidation sites excluding steroid dienone is 1. The quantitative estimate of drug-likeness (QED) is 0.686. The van der Waals surface area contributed by atoms with Gasteiger partial charge >= 0.3 is 5.97 Å². The van der Waals surface area contributed by atoms with Crippen LogP contribution in [0.25, 0.3) is 11.6 Å². The van der Waals surface area contributed by atoms with Crippen LogP contribution in [-0.2, 0) is 5.41 Å². The monoisotopic (exact) mass is 352 g/mol. The molecular weight excluding hydrogens is 328 g/mol. The van der Waals surface area contributed by atoms with Gasteiger partial charge in [0, 0.05) is 4.90 Å². The number of benzene rings is 2.